The molecule has 1 saturated heterocycles. The second-order valence-corrected chi connectivity index (χ2v) is 3.99. The average molecular weight is 229 g/mol. The molecule has 16 heavy (non-hydrogen) atoms. The molecular weight excluding hydrogens is 217 g/mol. The summed E-state index contributed by atoms with van der Waals surface area (Å²) in [6.45, 7) is 5.04. The third-order valence-corrected chi connectivity index (χ3v) is 2.73. The maximum Gasteiger partial charge on any atom is 0.418 e. The van der Waals surface area contributed by atoms with Crippen LogP contribution in [-0.4, -0.2) is 18.1 Å². The fourth-order valence-electron chi connectivity index (χ4n) is 1.93. The van der Waals surface area contributed by atoms with E-state index in [0.717, 1.165) is 12.5 Å². The van der Waals surface area contributed by atoms with Crippen LogP contribution in [0.25, 0.3) is 0 Å². The van der Waals surface area contributed by atoms with Gasteiger partial charge in [-0.2, -0.15) is 13.2 Å². The van der Waals surface area contributed by atoms with Crippen molar-refractivity contribution >= 4 is 5.69 Å². The summed E-state index contributed by atoms with van der Waals surface area (Å²) in [6, 6.07) is 1.02. The van der Waals surface area contributed by atoms with Gasteiger partial charge in [0, 0.05) is 19.3 Å². The minimum absolute atomic E-state index is 0.168. The van der Waals surface area contributed by atoms with Crippen LogP contribution in [-0.2, 0) is 6.18 Å². The number of pyridine rings is 1. The van der Waals surface area contributed by atoms with Crippen LogP contribution in [0.5, 0.6) is 0 Å². The first kappa shape index (κ1) is 11.2. The highest BCUT2D eigenvalue weighted by atomic mass is 19.4. The van der Waals surface area contributed by atoms with Crippen LogP contribution in [0.15, 0.2) is 18.5 Å². The van der Waals surface area contributed by atoms with E-state index in [0.29, 0.717) is 13.1 Å². The van der Waals surface area contributed by atoms with E-state index in [1.54, 1.807) is 4.90 Å². The van der Waals surface area contributed by atoms with Crippen molar-refractivity contribution in [3.8, 4) is 0 Å². The van der Waals surface area contributed by atoms with Crippen molar-refractivity contribution in [2.45, 2.75) is 12.6 Å². The maximum absolute atomic E-state index is 12.7. The molecule has 2 nitrogen and oxygen atoms in total. The lowest BCUT2D eigenvalue weighted by Crippen LogP contribution is -2.23. The van der Waals surface area contributed by atoms with E-state index in [-0.39, 0.29) is 11.6 Å². The van der Waals surface area contributed by atoms with Gasteiger partial charge >= 0.3 is 6.18 Å². The van der Waals surface area contributed by atoms with Crippen LogP contribution < -0.4 is 4.90 Å². The second-order valence-electron chi connectivity index (χ2n) is 3.99. The Labute approximate surface area is 92.1 Å². The van der Waals surface area contributed by atoms with Crippen molar-refractivity contribution in [3.63, 3.8) is 0 Å². The van der Waals surface area contributed by atoms with E-state index in [1.807, 2.05) is 0 Å². The molecule has 0 amide bonds. The molecule has 1 aliphatic rings. The molecule has 5 heteroatoms. The van der Waals surface area contributed by atoms with Gasteiger partial charge in [-0.3, -0.25) is 4.98 Å². The van der Waals surface area contributed by atoms with Crippen LogP contribution in [0.1, 0.15) is 12.0 Å². The predicted molar refractivity (Wildman–Crippen MR) is 54.9 cm³/mol. The van der Waals surface area contributed by atoms with Gasteiger partial charge in [-0.25, -0.2) is 0 Å². The van der Waals surface area contributed by atoms with E-state index in [4.69, 9.17) is 0 Å². The zero-order valence-electron chi connectivity index (χ0n) is 8.67. The van der Waals surface area contributed by atoms with Crippen molar-refractivity contribution in [1.82, 2.24) is 4.98 Å². The van der Waals surface area contributed by atoms with E-state index >= 15 is 0 Å². The summed E-state index contributed by atoms with van der Waals surface area (Å²) in [4.78, 5) is 5.47. The van der Waals surface area contributed by atoms with Gasteiger partial charge in [0.2, 0.25) is 0 Å². The monoisotopic (exact) mass is 229 g/mol. The Bertz CT molecular complexity index is 376. The van der Waals surface area contributed by atoms with Gasteiger partial charge < -0.3 is 4.90 Å². The molecule has 0 aromatic carbocycles. The fourth-order valence-corrected chi connectivity index (χ4v) is 1.93. The molecule has 1 aromatic heterocycles. The van der Waals surface area contributed by atoms with Crippen LogP contribution >= 0.6 is 0 Å². The lowest BCUT2D eigenvalue weighted by atomic mass is 10.2. The Hall–Kier alpha value is -1.26. The first-order valence-electron chi connectivity index (χ1n) is 5.07. The molecule has 1 radical (unpaired) electrons. The Morgan fingerprint density at radius 1 is 1.44 bits per heavy atom. The van der Waals surface area contributed by atoms with Crippen LogP contribution in [0, 0.1) is 12.8 Å². The molecule has 0 spiro atoms. The summed E-state index contributed by atoms with van der Waals surface area (Å²) in [7, 11) is 0. The highest BCUT2D eigenvalue weighted by Gasteiger charge is 2.35. The quantitative estimate of drug-likeness (QED) is 0.736. The van der Waals surface area contributed by atoms with E-state index in [9.17, 15) is 13.2 Å². The minimum Gasteiger partial charge on any atom is -0.370 e. The lowest BCUT2D eigenvalue weighted by Gasteiger charge is -2.22. The number of hydrogen-bond acceptors (Lipinski definition) is 2. The van der Waals surface area contributed by atoms with Crippen LogP contribution in [0.3, 0.4) is 0 Å². The number of hydrogen-bond donors (Lipinski definition) is 0. The molecule has 0 N–H and O–H groups in total. The van der Waals surface area contributed by atoms with Crippen LogP contribution in [0.4, 0.5) is 18.9 Å². The Kier molecular flexibility index (Phi) is 2.78. The summed E-state index contributed by atoms with van der Waals surface area (Å²) in [5.74, 6) is 0.196. The smallest absolute Gasteiger partial charge is 0.370 e. The van der Waals surface area contributed by atoms with Crippen molar-refractivity contribution < 1.29 is 13.2 Å². The van der Waals surface area contributed by atoms with Gasteiger partial charge in [-0.1, -0.05) is 0 Å². The zero-order valence-corrected chi connectivity index (χ0v) is 8.67. The van der Waals surface area contributed by atoms with Crippen molar-refractivity contribution in [3.05, 3.63) is 30.9 Å². The fraction of sp³-hybridized carbons (Fsp3) is 0.455. The summed E-state index contributed by atoms with van der Waals surface area (Å²) in [5, 5.41) is 0. The summed E-state index contributed by atoms with van der Waals surface area (Å²) in [5.41, 5.74) is -0.447. The number of anilines is 1. The van der Waals surface area contributed by atoms with Gasteiger partial charge in [-0.05, 0) is 25.3 Å². The molecule has 0 saturated carbocycles. The first-order chi connectivity index (χ1) is 7.48. The summed E-state index contributed by atoms with van der Waals surface area (Å²) < 4.78 is 38.2. The van der Waals surface area contributed by atoms with E-state index in [1.165, 1.54) is 12.4 Å². The molecule has 0 aliphatic carbocycles. The molecule has 0 unspecified atom stereocenters. The molecule has 0 bridgehead atoms. The van der Waals surface area contributed by atoms with Gasteiger partial charge in [0.05, 0.1) is 17.4 Å². The van der Waals surface area contributed by atoms with Gasteiger partial charge in [0.15, 0.2) is 0 Å². The summed E-state index contributed by atoms with van der Waals surface area (Å²) in [6.07, 6.45) is -1.05. The Morgan fingerprint density at radius 2 is 2.19 bits per heavy atom. The van der Waals surface area contributed by atoms with Gasteiger partial charge in [-0.15, -0.1) is 0 Å². The second kappa shape index (κ2) is 3.96. The SMILES string of the molecule is [CH2][C@H]1CCN(c2cnccc2C(F)(F)F)C1. The van der Waals surface area contributed by atoms with E-state index < -0.39 is 11.7 Å². The molecule has 87 valence electrons. The maximum atomic E-state index is 12.7. The van der Waals surface area contributed by atoms with Crippen molar-refractivity contribution in [2.75, 3.05) is 18.0 Å². The predicted octanol–water partition coefficient (Wildman–Crippen LogP) is 2.76. The molecule has 1 aromatic rings. The van der Waals surface area contributed by atoms with Gasteiger partial charge in [0.1, 0.15) is 0 Å². The number of rotatable bonds is 1. The lowest BCUT2D eigenvalue weighted by molar-refractivity contribution is -0.137. The third kappa shape index (κ3) is 2.13. The van der Waals surface area contributed by atoms with Gasteiger partial charge in [0.25, 0.3) is 0 Å². The molecule has 2 rings (SSSR count). The topological polar surface area (TPSA) is 16.1 Å². The van der Waals surface area contributed by atoms with Crippen LogP contribution in [0.2, 0.25) is 0 Å². The van der Waals surface area contributed by atoms with Crippen molar-refractivity contribution in [2.24, 2.45) is 5.92 Å². The van der Waals surface area contributed by atoms with E-state index in [2.05, 4.69) is 11.9 Å². The third-order valence-electron chi connectivity index (χ3n) is 2.73. The van der Waals surface area contributed by atoms with Crippen molar-refractivity contribution in [1.29, 1.82) is 0 Å². The largest absolute Gasteiger partial charge is 0.418 e. The Morgan fingerprint density at radius 3 is 2.75 bits per heavy atom. The molecule has 2 heterocycles. The summed E-state index contributed by atoms with van der Waals surface area (Å²) >= 11 is 0. The Balaban J connectivity index is 2.34. The first-order valence-corrected chi connectivity index (χ1v) is 5.07. The molecule has 1 atom stereocenters. The number of alkyl halides is 3. The highest BCUT2D eigenvalue weighted by Crippen LogP contribution is 2.37. The number of halogens is 3. The highest BCUT2D eigenvalue weighted by molar-refractivity contribution is 5.53. The minimum atomic E-state index is -4.32. The average Bonchev–Trinajstić information content (AvgIpc) is 2.64. The number of aromatic nitrogens is 1. The molecule has 1 aliphatic heterocycles. The standard InChI is InChI=1S/C11H12F3N2/c1-8-3-5-16(7-8)10-6-15-4-2-9(10)11(12,13)14/h2,4,6,8H,1,3,5,7H2/t8-/m0/s1. The normalized spacial score (nSPS) is 21.5. The number of nitrogens with zero attached hydrogens (tertiary/aromatic N) is 2. The molecule has 1 fully saturated rings. The molecular formula is C11H12F3N2. The zero-order chi connectivity index (χ0) is 11.8.